The molecule has 3 rings (SSSR count). The summed E-state index contributed by atoms with van der Waals surface area (Å²) in [4.78, 5) is 6.81. The molecule has 1 N–H and O–H groups in total. The topological polar surface area (TPSA) is 33.1 Å². The Balaban J connectivity index is 1.39. The zero-order valence-corrected chi connectivity index (χ0v) is 10.6. The summed E-state index contributed by atoms with van der Waals surface area (Å²) in [6.45, 7) is 4.72. The molecule has 1 aromatic heterocycles. The quantitative estimate of drug-likeness (QED) is 0.825. The van der Waals surface area contributed by atoms with E-state index >= 15 is 0 Å². The molecule has 1 saturated heterocycles. The molecule has 1 aliphatic heterocycles. The van der Waals surface area contributed by atoms with E-state index in [1.54, 1.807) is 0 Å². The average molecular weight is 234 g/mol. The predicted octanol–water partition coefficient (Wildman–Crippen LogP) is 0.994. The van der Waals surface area contributed by atoms with Crippen molar-refractivity contribution in [2.45, 2.75) is 31.8 Å². The summed E-state index contributed by atoms with van der Waals surface area (Å²) in [6, 6.07) is 0.942. The van der Waals surface area contributed by atoms with E-state index < -0.39 is 0 Å². The van der Waals surface area contributed by atoms with Crippen molar-refractivity contribution in [3.8, 4) is 0 Å². The van der Waals surface area contributed by atoms with Crippen LogP contribution in [-0.4, -0.2) is 40.1 Å². The van der Waals surface area contributed by atoms with E-state index in [2.05, 4.69) is 26.8 Å². The Labute approximate surface area is 103 Å². The number of imidazole rings is 1. The van der Waals surface area contributed by atoms with Crippen LogP contribution in [0, 0.1) is 5.92 Å². The van der Waals surface area contributed by atoms with Crippen LogP contribution < -0.4 is 5.32 Å². The van der Waals surface area contributed by atoms with Gasteiger partial charge in [0.15, 0.2) is 0 Å². The molecule has 4 heteroatoms. The van der Waals surface area contributed by atoms with Gasteiger partial charge in [0.25, 0.3) is 0 Å². The molecule has 2 fully saturated rings. The van der Waals surface area contributed by atoms with E-state index in [1.165, 1.54) is 38.0 Å². The highest BCUT2D eigenvalue weighted by molar-refractivity contribution is 4.97. The van der Waals surface area contributed by atoms with Crippen molar-refractivity contribution < 1.29 is 0 Å². The van der Waals surface area contributed by atoms with Gasteiger partial charge in [-0.15, -0.1) is 0 Å². The Morgan fingerprint density at radius 1 is 1.41 bits per heavy atom. The summed E-state index contributed by atoms with van der Waals surface area (Å²) in [5.41, 5.74) is 1.27. The van der Waals surface area contributed by atoms with E-state index in [4.69, 9.17) is 0 Å². The number of hydrogen-bond donors (Lipinski definition) is 1. The number of rotatable bonds is 5. The van der Waals surface area contributed by atoms with Gasteiger partial charge in [-0.1, -0.05) is 0 Å². The minimum atomic E-state index is 0.851. The standard InChI is InChI=1S/C13H22N4/c1-16-10-15-8-13(16)7-14-6-11-4-5-17(9-11)12-2-3-12/h8,10-12,14H,2-7,9H2,1H3/t11-/m0/s1. The molecule has 2 aliphatic rings. The normalized spacial score (nSPS) is 25.6. The van der Waals surface area contributed by atoms with Gasteiger partial charge in [-0.2, -0.15) is 0 Å². The average Bonchev–Trinajstić information content (AvgIpc) is 2.94. The van der Waals surface area contributed by atoms with Crippen LogP contribution in [0.1, 0.15) is 25.0 Å². The van der Waals surface area contributed by atoms with Crippen LogP contribution in [0.15, 0.2) is 12.5 Å². The van der Waals surface area contributed by atoms with E-state index in [0.717, 1.165) is 25.0 Å². The van der Waals surface area contributed by atoms with Crippen LogP contribution in [0.2, 0.25) is 0 Å². The van der Waals surface area contributed by atoms with Gasteiger partial charge >= 0.3 is 0 Å². The maximum absolute atomic E-state index is 4.13. The van der Waals surface area contributed by atoms with Gasteiger partial charge in [0.1, 0.15) is 0 Å². The fourth-order valence-electron chi connectivity index (χ4n) is 2.76. The number of aryl methyl sites for hydroxylation is 1. The van der Waals surface area contributed by atoms with Gasteiger partial charge in [-0.3, -0.25) is 0 Å². The third kappa shape index (κ3) is 2.69. The number of hydrogen-bond acceptors (Lipinski definition) is 3. The highest BCUT2D eigenvalue weighted by atomic mass is 15.2. The van der Waals surface area contributed by atoms with E-state index in [-0.39, 0.29) is 0 Å². The lowest BCUT2D eigenvalue weighted by molar-refractivity contribution is 0.311. The smallest absolute Gasteiger partial charge is 0.0945 e. The molecule has 0 aromatic carbocycles. The van der Waals surface area contributed by atoms with Crippen molar-refractivity contribution >= 4 is 0 Å². The van der Waals surface area contributed by atoms with Crippen LogP contribution >= 0.6 is 0 Å². The molecular weight excluding hydrogens is 212 g/mol. The second kappa shape index (κ2) is 4.78. The lowest BCUT2D eigenvalue weighted by Gasteiger charge is -2.15. The highest BCUT2D eigenvalue weighted by Gasteiger charge is 2.33. The Morgan fingerprint density at radius 2 is 2.29 bits per heavy atom. The maximum atomic E-state index is 4.13. The predicted molar refractivity (Wildman–Crippen MR) is 67.6 cm³/mol. The summed E-state index contributed by atoms with van der Waals surface area (Å²) < 4.78 is 2.08. The third-order valence-corrected chi connectivity index (χ3v) is 4.04. The first-order valence-corrected chi connectivity index (χ1v) is 6.73. The second-order valence-electron chi connectivity index (χ2n) is 5.51. The van der Waals surface area contributed by atoms with E-state index in [1.807, 2.05) is 12.5 Å². The van der Waals surface area contributed by atoms with Crippen molar-refractivity contribution in [2.75, 3.05) is 19.6 Å². The van der Waals surface area contributed by atoms with Gasteiger partial charge in [0.05, 0.1) is 12.0 Å². The van der Waals surface area contributed by atoms with Crippen LogP contribution in [0.25, 0.3) is 0 Å². The fourth-order valence-corrected chi connectivity index (χ4v) is 2.76. The van der Waals surface area contributed by atoms with Crippen molar-refractivity contribution in [3.05, 3.63) is 18.2 Å². The van der Waals surface area contributed by atoms with Crippen LogP contribution in [-0.2, 0) is 13.6 Å². The molecule has 94 valence electrons. The molecule has 4 nitrogen and oxygen atoms in total. The largest absolute Gasteiger partial charge is 0.337 e. The van der Waals surface area contributed by atoms with Gasteiger partial charge in [0, 0.05) is 32.4 Å². The first-order chi connectivity index (χ1) is 8.33. The van der Waals surface area contributed by atoms with Crippen molar-refractivity contribution in [1.82, 2.24) is 19.8 Å². The van der Waals surface area contributed by atoms with Gasteiger partial charge in [0.2, 0.25) is 0 Å². The molecule has 1 aliphatic carbocycles. The number of aromatic nitrogens is 2. The molecule has 0 spiro atoms. The van der Waals surface area contributed by atoms with Gasteiger partial charge in [-0.05, 0) is 38.3 Å². The molecule has 0 amide bonds. The minimum absolute atomic E-state index is 0.851. The van der Waals surface area contributed by atoms with Crippen LogP contribution in [0.3, 0.4) is 0 Å². The SMILES string of the molecule is Cn1cncc1CNC[C@@H]1CCN(C2CC2)C1. The summed E-state index contributed by atoms with van der Waals surface area (Å²) in [6.07, 6.45) is 8.05. The van der Waals surface area contributed by atoms with Gasteiger partial charge < -0.3 is 14.8 Å². The third-order valence-electron chi connectivity index (χ3n) is 4.04. The maximum Gasteiger partial charge on any atom is 0.0945 e. The molecular formula is C13H22N4. The lowest BCUT2D eigenvalue weighted by Crippen LogP contribution is -2.27. The Bertz CT molecular complexity index is 369. The second-order valence-corrected chi connectivity index (χ2v) is 5.51. The minimum Gasteiger partial charge on any atom is -0.337 e. The molecule has 17 heavy (non-hydrogen) atoms. The fraction of sp³-hybridized carbons (Fsp3) is 0.769. The molecule has 0 unspecified atom stereocenters. The molecule has 2 heterocycles. The zero-order valence-electron chi connectivity index (χ0n) is 10.6. The van der Waals surface area contributed by atoms with E-state index in [0.29, 0.717) is 0 Å². The molecule has 1 aromatic rings. The molecule has 1 saturated carbocycles. The molecule has 0 radical (unpaired) electrons. The lowest BCUT2D eigenvalue weighted by atomic mass is 10.1. The van der Waals surface area contributed by atoms with Gasteiger partial charge in [-0.25, -0.2) is 4.98 Å². The summed E-state index contributed by atoms with van der Waals surface area (Å²) in [7, 11) is 2.05. The van der Waals surface area contributed by atoms with Crippen molar-refractivity contribution in [3.63, 3.8) is 0 Å². The monoisotopic (exact) mass is 234 g/mol. The van der Waals surface area contributed by atoms with E-state index in [9.17, 15) is 0 Å². The first kappa shape index (κ1) is 11.2. The summed E-state index contributed by atoms with van der Waals surface area (Å²) >= 11 is 0. The summed E-state index contributed by atoms with van der Waals surface area (Å²) in [5, 5.41) is 3.56. The Kier molecular flexibility index (Phi) is 3.16. The Hall–Kier alpha value is -0.870. The Morgan fingerprint density at radius 3 is 3.00 bits per heavy atom. The first-order valence-electron chi connectivity index (χ1n) is 6.73. The molecule has 0 bridgehead atoms. The molecule has 1 atom stereocenters. The number of nitrogens with one attached hydrogen (secondary N) is 1. The highest BCUT2D eigenvalue weighted by Crippen LogP contribution is 2.31. The van der Waals surface area contributed by atoms with Crippen molar-refractivity contribution in [2.24, 2.45) is 13.0 Å². The zero-order chi connectivity index (χ0) is 11.7. The number of nitrogens with zero attached hydrogens (tertiary/aromatic N) is 3. The van der Waals surface area contributed by atoms with Crippen LogP contribution in [0.4, 0.5) is 0 Å². The summed E-state index contributed by atoms with van der Waals surface area (Å²) in [5.74, 6) is 0.851. The van der Waals surface area contributed by atoms with Crippen LogP contribution in [0.5, 0.6) is 0 Å². The van der Waals surface area contributed by atoms with Crippen molar-refractivity contribution in [1.29, 1.82) is 0 Å². The number of likely N-dealkylation sites (tertiary alicyclic amines) is 1.